The number of halogens is 3. The number of methoxy groups -OCH3 is 1. The molecule has 0 atom stereocenters. The van der Waals surface area contributed by atoms with Gasteiger partial charge in [-0.25, -0.2) is 0 Å². The quantitative estimate of drug-likeness (QED) is 0.499. The van der Waals surface area contributed by atoms with Gasteiger partial charge in [0.1, 0.15) is 11.5 Å². The van der Waals surface area contributed by atoms with Crippen molar-refractivity contribution in [3.63, 3.8) is 0 Å². The Labute approximate surface area is 174 Å². The van der Waals surface area contributed by atoms with Crippen LogP contribution in [0, 0.1) is 0 Å². The van der Waals surface area contributed by atoms with Crippen LogP contribution in [0.4, 0.5) is 18.9 Å². The van der Waals surface area contributed by atoms with Crippen LogP contribution in [0.15, 0.2) is 54.6 Å². The lowest BCUT2D eigenvalue weighted by Crippen LogP contribution is -2.17. The van der Waals surface area contributed by atoms with Gasteiger partial charge in [-0.1, -0.05) is 0 Å². The molecule has 0 fully saturated rings. The van der Waals surface area contributed by atoms with Gasteiger partial charge in [0.2, 0.25) is 0 Å². The van der Waals surface area contributed by atoms with Crippen molar-refractivity contribution in [3.05, 3.63) is 65.0 Å². The molecular formula is C21H16F3NO4S. The number of rotatable bonds is 6. The summed E-state index contributed by atoms with van der Waals surface area (Å²) in [5, 5.41) is 2.62. The Kier molecular flexibility index (Phi) is 6.12. The Morgan fingerprint density at radius 2 is 1.70 bits per heavy atom. The molecule has 5 nitrogen and oxygen atoms in total. The number of alkyl halides is 3. The van der Waals surface area contributed by atoms with Crippen molar-refractivity contribution < 1.29 is 32.2 Å². The van der Waals surface area contributed by atoms with E-state index in [1.165, 1.54) is 37.5 Å². The molecule has 0 unspecified atom stereocenters. The molecule has 2 aromatic carbocycles. The fourth-order valence-corrected chi connectivity index (χ4v) is 3.58. The van der Waals surface area contributed by atoms with Gasteiger partial charge in [0, 0.05) is 21.7 Å². The molecule has 9 heteroatoms. The van der Waals surface area contributed by atoms with Crippen LogP contribution in [0.3, 0.4) is 0 Å². The summed E-state index contributed by atoms with van der Waals surface area (Å²) in [6.45, 7) is 1.47. The highest BCUT2D eigenvalue weighted by molar-refractivity contribution is 7.17. The van der Waals surface area contributed by atoms with Gasteiger partial charge >= 0.3 is 6.36 Å². The summed E-state index contributed by atoms with van der Waals surface area (Å²) in [6, 6.07) is 13.2. The molecule has 0 aliphatic carbocycles. The van der Waals surface area contributed by atoms with E-state index >= 15 is 0 Å². The number of Topliss-reactive ketones (excluding diaryl/α,β-unsaturated/α-hetero) is 1. The van der Waals surface area contributed by atoms with E-state index in [0.29, 0.717) is 27.4 Å². The molecule has 0 bridgehead atoms. The van der Waals surface area contributed by atoms with E-state index < -0.39 is 12.3 Å². The van der Waals surface area contributed by atoms with Crippen molar-refractivity contribution >= 4 is 28.7 Å². The molecule has 1 amide bonds. The van der Waals surface area contributed by atoms with Crippen LogP contribution in [0.5, 0.6) is 11.5 Å². The van der Waals surface area contributed by atoms with Crippen molar-refractivity contribution in [1.29, 1.82) is 0 Å². The Hall–Kier alpha value is -3.33. The van der Waals surface area contributed by atoms with E-state index in [4.69, 9.17) is 4.74 Å². The monoisotopic (exact) mass is 435 g/mol. The molecule has 0 spiro atoms. The lowest BCUT2D eigenvalue weighted by molar-refractivity contribution is -0.274. The average Bonchev–Trinajstić information content (AvgIpc) is 3.18. The van der Waals surface area contributed by atoms with Crippen LogP contribution in [-0.4, -0.2) is 25.2 Å². The number of hydrogen-bond donors (Lipinski definition) is 1. The minimum Gasteiger partial charge on any atom is -0.496 e. The summed E-state index contributed by atoms with van der Waals surface area (Å²) in [5.74, 6) is -0.354. The first-order valence-corrected chi connectivity index (χ1v) is 9.44. The van der Waals surface area contributed by atoms with Crippen molar-refractivity contribution in [1.82, 2.24) is 0 Å². The van der Waals surface area contributed by atoms with Gasteiger partial charge in [-0.05, 0) is 61.5 Å². The minimum atomic E-state index is -4.78. The summed E-state index contributed by atoms with van der Waals surface area (Å²) in [7, 11) is 1.50. The molecule has 0 saturated carbocycles. The Morgan fingerprint density at radius 3 is 2.27 bits per heavy atom. The zero-order chi connectivity index (χ0) is 21.9. The van der Waals surface area contributed by atoms with Crippen molar-refractivity contribution in [2.75, 3.05) is 12.4 Å². The molecule has 1 aromatic heterocycles. The highest BCUT2D eigenvalue weighted by Gasteiger charge is 2.31. The van der Waals surface area contributed by atoms with Crippen LogP contribution in [-0.2, 0) is 0 Å². The van der Waals surface area contributed by atoms with E-state index in [1.807, 2.05) is 0 Å². The van der Waals surface area contributed by atoms with Gasteiger partial charge in [-0.2, -0.15) is 0 Å². The molecule has 3 aromatic rings. The number of ketones is 1. The normalized spacial score (nSPS) is 11.1. The molecule has 0 aliphatic rings. The van der Waals surface area contributed by atoms with E-state index in [-0.39, 0.29) is 11.5 Å². The average molecular weight is 435 g/mol. The molecule has 1 heterocycles. The summed E-state index contributed by atoms with van der Waals surface area (Å²) in [4.78, 5) is 25.5. The predicted octanol–water partition coefficient (Wildman–Crippen LogP) is 5.78. The second-order valence-electron chi connectivity index (χ2n) is 6.16. The lowest BCUT2D eigenvalue weighted by atomic mass is 10.1. The number of thiophene rings is 1. The fraction of sp³-hybridized carbons (Fsp3) is 0.143. The standard InChI is InChI=1S/C21H16F3NO4S/c1-12(26)18-9-10-19(30-18)16-11-13(3-8-17(16)28-2)20(27)25-14-4-6-15(7-5-14)29-21(22,23)24/h3-11H,1-2H3,(H,25,27). The number of anilines is 1. The summed E-state index contributed by atoms with van der Waals surface area (Å²) in [5.41, 5.74) is 1.28. The lowest BCUT2D eigenvalue weighted by Gasteiger charge is -2.11. The number of carbonyl (C=O) groups is 2. The first kappa shape index (κ1) is 21.4. The molecular weight excluding hydrogens is 419 g/mol. The van der Waals surface area contributed by atoms with Gasteiger partial charge in [-0.15, -0.1) is 24.5 Å². The number of amides is 1. The summed E-state index contributed by atoms with van der Waals surface area (Å²) >= 11 is 1.29. The number of hydrogen-bond acceptors (Lipinski definition) is 5. The molecule has 0 aliphatic heterocycles. The third-order valence-electron chi connectivity index (χ3n) is 4.03. The van der Waals surface area contributed by atoms with E-state index in [9.17, 15) is 22.8 Å². The third-order valence-corrected chi connectivity index (χ3v) is 5.25. The van der Waals surface area contributed by atoms with Crippen LogP contribution in [0.2, 0.25) is 0 Å². The number of ether oxygens (including phenoxy) is 2. The molecule has 0 saturated heterocycles. The SMILES string of the molecule is COc1ccc(C(=O)Nc2ccc(OC(F)(F)F)cc2)cc1-c1ccc(C(C)=O)s1. The Morgan fingerprint density at radius 1 is 1.00 bits per heavy atom. The first-order valence-electron chi connectivity index (χ1n) is 8.62. The van der Waals surface area contributed by atoms with E-state index in [1.54, 1.807) is 30.3 Å². The molecule has 156 valence electrons. The zero-order valence-electron chi connectivity index (χ0n) is 15.9. The largest absolute Gasteiger partial charge is 0.573 e. The maximum atomic E-state index is 12.6. The van der Waals surface area contributed by atoms with Gasteiger partial charge in [0.25, 0.3) is 5.91 Å². The van der Waals surface area contributed by atoms with Crippen LogP contribution >= 0.6 is 11.3 Å². The maximum Gasteiger partial charge on any atom is 0.573 e. The molecule has 1 N–H and O–H groups in total. The van der Waals surface area contributed by atoms with E-state index in [2.05, 4.69) is 10.1 Å². The van der Waals surface area contributed by atoms with Crippen molar-refractivity contribution in [2.45, 2.75) is 13.3 Å². The van der Waals surface area contributed by atoms with Gasteiger partial charge in [0.15, 0.2) is 5.78 Å². The minimum absolute atomic E-state index is 0.0583. The predicted molar refractivity (Wildman–Crippen MR) is 107 cm³/mol. The zero-order valence-corrected chi connectivity index (χ0v) is 16.7. The molecule has 3 rings (SSSR count). The van der Waals surface area contributed by atoms with Gasteiger partial charge in [-0.3, -0.25) is 9.59 Å². The Bertz CT molecular complexity index is 1070. The van der Waals surface area contributed by atoms with Gasteiger partial charge in [0.05, 0.1) is 12.0 Å². The van der Waals surface area contributed by atoms with Crippen LogP contribution in [0.25, 0.3) is 10.4 Å². The van der Waals surface area contributed by atoms with Crippen LogP contribution < -0.4 is 14.8 Å². The highest BCUT2D eigenvalue weighted by Crippen LogP contribution is 2.36. The molecule has 30 heavy (non-hydrogen) atoms. The number of nitrogens with one attached hydrogen (secondary N) is 1. The first-order chi connectivity index (χ1) is 14.2. The maximum absolute atomic E-state index is 12.6. The Balaban J connectivity index is 1.81. The smallest absolute Gasteiger partial charge is 0.496 e. The summed E-state index contributed by atoms with van der Waals surface area (Å²) in [6.07, 6.45) is -4.78. The summed E-state index contributed by atoms with van der Waals surface area (Å²) < 4.78 is 45.9. The number of benzene rings is 2. The van der Waals surface area contributed by atoms with Crippen molar-refractivity contribution in [3.8, 4) is 21.9 Å². The van der Waals surface area contributed by atoms with E-state index in [0.717, 1.165) is 17.0 Å². The fourth-order valence-electron chi connectivity index (χ4n) is 2.66. The van der Waals surface area contributed by atoms with Gasteiger partial charge < -0.3 is 14.8 Å². The third kappa shape index (κ3) is 5.18. The molecule has 0 radical (unpaired) electrons. The van der Waals surface area contributed by atoms with Crippen molar-refractivity contribution in [2.24, 2.45) is 0 Å². The highest BCUT2D eigenvalue weighted by atomic mass is 32.1. The topological polar surface area (TPSA) is 64.6 Å². The number of carbonyl (C=O) groups excluding carboxylic acids is 2. The second kappa shape index (κ2) is 8.58. The van der Waals surface area contributed by atoms with Crippen LogP contribution in [0.1, 0.15) is 27.0 Å². The second-order valence-corrected chi connectivity index (χ2v) is 7.25.